The van der Waals surface area contributed by atoms with Crippen molar-refractivity contribution in [3.8, 4) is 5.88 Å². The molecule has 1 aromatic heterocycles. The summed E-state index contributed by atoms with van der Waals surface area (Å²) in [4.78, 5) is 18.6. The normalized spacial score (nSPS) is 17.7. The number of pyridine rings is 1. The topological polar surface area (TPSA) is 42.4 Å². The lowest BCUT2D eigenvalue weighted by Gasteiger charge is -2.21. The molecule has 2 heterocycles. The number of carbonyl (C=O) groups is 1. The van der Waals surface area contributed by atoms with Gasteiger partial charge in [-0.3, -0.25) is 4.79 Å². The van der Waals surface area contributed by atoms with Gasteiger partial charge in [0.1, 0.15) is 6.10 Å². The number of nitrogens with zero attached hydrogens (tertiary/aromatic N) is 2. The largest absolute Gasteiger partial charge is 0.473 e. The van der Waals surface area contributed by atoms with E-state index in [1.54, 1.807) is 18.3 Å². The third-order valence-electron chi connectivity index (χ3n) is 3.61. The summed E-state index contributed by atoms with van der Waals surface area (Å²) < 4.78 is 5.86. The van der Waals surface area contributed by atoms with E-state index >= 15 is 0 Å². The Balaban J connectivity index is 2.02. The highest BCUT2D eigenvalue weighted by molar-refractivity contribution is 7.99. The van der Waals surface area contributed by atoms with Gasteiger partial charge in [0.2, 0.25) is 5.88 Å². The van der Waals surface area contributed by atoms with Gasteiger partial charge in [-0.15, -0.1) is 0 Å². The molecule has 1 unspecified atom stereocenters. The van der Waals surface area contributed by atoms with Crippen molar-refractivity contribution >= 4 is 17.7 Å². The molecule has 0 radical (unpaired) electrons. The van der Waals surface area contributed by atoms with E-state index in [9.17, 15) is 4.79 Å². The third kappa shape index (κ3) is 4.63. The molecule has 1 aliphatic rings. The first-order chi connectivity index (χ1) is 10.2. The smallest absolute Gasteiger partial charge is 0.254 e. The lowest BCUT2D eigenvalue weighted by atomic mass is 10.2. The minimum atomic E-state index is 0.0685. The molecule has 1 saturated heterocycles. The number of thioether (sulfide) groups is 1. The zero-order valence-electron chi connectivity index (χ0n) is 12.9. The van der Waals surface area contributed by atoms with Crippen molar-refractivity contribution < 1.29 is 9.53 Å². The number of carbonyl (C=O) groups excluding carboxylic acids is 1. The van der Waals surface area contributed by atoms with Crippen LogP contribution in [0, 0.1) is 0 Å². The summed E-state index contributed by atoms with van der Waals surface area (Å²) in [7, 11) is 0. The molecule has 0 bridgehead atoms. The Morgan fingerprint density at radius 3 is 3.05 bits per heavy atom. The predicted octanol–water partition coefficient (Wildman–Crippen LogP) is 3.23. The molecule has 1 aliphatic heterocycles. The van der Waals surface area contributed by atoms with E-state index in [0.717, 1.165) is 43.9 Å². The second-order valence-corrected chi connectivity index (χ2v) is 6.37. The highest BCUT2D eigenvalue weighted by atomic mass is 32.2. The number of ether oxygens (including phenoxy) is 1. The van der Waals surface area contributed by atoms with Crippen LogP contribution in [0.3, 0.4) is 0 Å². The molecule has 2 rings (SSSR count). The zero-order valence-corrected chi connectivity index (χ0v) is 13.7. The van der Waals surface area contributed by atoms with Crippen molar-refractivity contribution in [2.45, 2.75) is 39.2 Å². The molecule has 1 amide bonds. The molecule has 4 nitrogen and oxygen atoms in total. The predicted molar refractivity (Wildman–Crippen MR) is 87.1 cm³/mol. The monoisotopic (exact) mass is 308 g/mol. The maximum absolute atomic E-state index is 12.5. The summed E-state index contributed by atoms with van der Waals surface area (Å²) >= 11 is 1.90. The van der Waals surface area contributed by atoms with E-state index in [1.807, 2.05) is 23.6 Å². The van der Waals surface area contributed by atoms with Crippen LogP contribution in [0.15, 0.2) is 18.3 Å². The number of aromatic nitrogens is 1. The van der Waals surface area contributed by atoms with Crippen molar-refractivity contribution in [2.24, 2.45) is 0 Å². The van der Waals surface area contributed by atoms with E-state index < -0.39 is 0 Å². The van der Waals surface area contributed by atoms with Gasteiger partial charge in [-0.05, 0) is 31.6 Å². The maximum atomic E-state index is 12.5. The molecule has 0 N–H and O–H groups in total. The van der Waals surface area contributed by atoms with Crippen molar-refractivity contribution in [3.05, 3.63) is 23.9 Å². The molecular weight excluding hydrogens is 284 g/mol. The van der Waals surface area contributed by atoms with E-state index in [0.29, 0.717) is 11.4 Å². The minimum absolute atomic E-state index is 0.0685. The number of rotatable bonds is 7. The van der Waals surface area contributed by atoms with Gasteiger partial charge in [-0.2, -0.15) is 11.8 Å². The molecule has 1 atom stereocenters. The Morgan fingerprint density at radius 1 is 1.52 bits per heavy atom. The van der Waals surface area contributed by atoms with E-state index in [4.69, 9.17) is 4.74 Å². The van der Waals surface area contributed by atoms with E-state index in [1.165, 1.54) is 0 Å². The summed E-state index contributed by atoms with van der Waals surface area (Å²) in [5.41, 5.74) is 0.670. The van der Waals surface area contributed by atoms with E-state index in [-0.39, 0.29) is 12.0 Å². The van der Waals surface area contributed by atoms with Gasteiger partial charge in [0.15, 0.2) is 0 Å². The second-order valence-electron chi connectivity index (χ2n) is 5.22. The van der Waals surface area contributed by atoms with Gasteiger partial charge in [-0.1, -0.05) is 13.3 Å². The SMILES string of the molecule is CCCCN(CC)C(=O)c1ccnc(OC2CCSC2)c1. The standard InChI is InChI=1S/C16H24N2O2S/c1-3-5-9-18(4-2)16(19)13-6-8-17-15(11-13)20-14-7-10-21-12-14/h6,8,11,14H,3-5,7,9-10,12H2,1-2H3. The van der Waals surface area contributed by atoms with Gasteiger partial charge in [-0.25, -0.2) is 4.98 Å². The van der Waals surface area contributed by atoms with Crippen LogP contribution >= 0.6 is 11.8 Å². The number of hydrogen-bond acceptors (Lipinski definition) is 4. The highest BCUT2D eigenvalue weighted by Gasteiger charge is 2.19. The van der Waals surface area contributed by atoms with Crippen LogP contribution in [0.4, 0.5) is 0 Å². The van der Waals surface area contributed by atoms with Crippen LogP contribution < -0.4 is 4.74 Å². The zero-order chi connectivity index (χ0) is 15.1. The summed E-state index contributed by atoms with van der Waals surface area (Å²) in [6.07, 6.45) is 5.08. The lowest BCUT2D eigenvalue weighted by Crippen LogP contribution is -2.31. The molecule has 5 heteroatoms. The number of amides is 1. The Hall–Kier alpha value is -1.23. The van der Waals surface area contributed by atoms with Crippen molar-refractivity contribution in [1.82, 2.24) is 9.88 Å². The van der Waals surface area contributed by atoms with Gasteiger partial charge >= 0.3 is 0 Å². The first kappa shape index (κ1) is 16.1. The molecule has 116 valence electrons. The molecule has 0 aliphatic carbocycles. The average molecular weight is 308 g/mol. The van der Waals surface area contributed by atoms with Crippen LogP contribution in [0.2, 0.25) is 0 Å². The van der Waals surface area contributed by atoms with Crippen molar-refractivity contribution in [1.29, 1.82) is 0 Å². The molecule has 0 spiro atoms. The fourth-order valence-electron chi connectivity index (χ4n) is 2.32. The van der Waals surface area contributed by atoms with Crippen LogP contribution in [-0.2, 0) is 0 Å². The summed E-state index contributed by atoms with van der Waals surface area (Å²) in [5.74, 6) is 2.79. The third-order valence-corrected chi connectivity index (χ3v) is 4.74. The highest BCUT2D eigenvalue weighted by Crippen LogP contribution is 2.22. The van der Waals surface area contributed by atoms with Crippen molar-refractivity contribution in [2.75, 3.05) is 24.6 Å². The lowest BCUT2D eigenvalue weighted by molar-refractivity contribution is 0.0761. The molecule has 0 saturated carbocycles. The first-order valence-electron chi connectivity index (χ1n) is 7.74. The Bertz CT molecular complexity index is 461. The number of unbranched alkanes of at least 4 members (excludes halogenated alkanes) is 1. The van der Waals surface area contributed by atoms with Crippen LogP contribution in [-0.4, -0.2) is 46.5 Å². The molecule has 0 aromatic carbocycles. The molecular formula is C16H24N2O2S. The van der Waals surface area contributed by atoms with Crippen molar-refractivity contribution in [3.63, 3.8) is 0 Å². The van der Waals surface area contributed by atoms with Gasteiger partial charge < -0.3 is 9.64 Å². The fourth-order valence-corrected chi connectivity index (χ4v) is 3.41. The quantitative estimate of drug-likeness (QED) is 0.775. The summed E-state index contributed by atoms with van der Waals surface area (Å²) in [5, 5.41) is 0. The van der Waals surface area contributed by atoms with Gasteiger partial charge in [0.05, 0.1) is 0 Å². The Kier molecular flexibility index (Phi) is 6.36. The number of hydrogen-bond donors (Lipinski definition) is 0. The van der Waals surface area contributed by atoms with Crippen LogP contribution in [0.1, 0.15) is 43.5 Å². The minimum Gasteiger partial charge on any atom is -0.473 e. The van der Waals surface area contributed by atoms with E-state index in [2.05, 4.69) is 11.9 Å². The van der Waals surface area contributed by atoms with Crippen LogP contribution in [0.5, 0.6) is 5.88 Å². The molecule has 1 aromatic rings. The molecule has 1 fully saturated rings. The Morgan fingerprint density at radius 2 is 2.38 bits per heavy atom. The van der Waals surface area contributed by atoms with Gasteiger partial charge in [0.25, 0.3) is 5.91 Å². The average Bonchev–Trinajstić information content (AvgIpc) is 3.01. The second kappa shape index (κ2) is 8.27. The Labute approximate surface area is 131 Å². The molecule has 21 heavy (non-hydrogen) atoms. The van der Waals surface area contributed by atoms with Gasteiger partial charge in [0, 0.05) is 36.7 Å². The summed E-state index contributed by atoms with van der Waals surface area (Å²) in [6, 6.07) is 3.55. The summed E-state index contributed by atoms with van der Waals surface area (Å²) in [6.45, 7) is 5.69. The maximum Gasteiger partial charge on any atom is 0.254 e. The first-order valence-corrected chi connectivity index (χ1v) is 8.89. The fraction of sp³-hybridized carbons (Fsp3) is 0.625. The van der Waals surface area contributed by atoms with Crippen LogP contribution in [0.25, 0.3) is 0 Å².